The molecule has 1 aliphatic rings. The summed E-state index contributed by atoms with van der Waals surface area (Å²) < 4.78 is 33.5. The van der Waals surface area contributed by atoms with E-state index in [-0.39, 0.29) is 10.8 Å². The number of carbonyl (C=O) groups is 1. The molecular formula is C24H32N2O4S. The smallest absolute Gasteiger partial charge is 0.251 e. The zero-order valence-corrected chi connectivity index (χ0v) is 19.4. The summed E-state index contributed by atoms with van der Waals surface area (Å²) in [7, 11) is -3.59. The predicted molar refractivity (Wildman–Crippen MR) is 122 cm³/mol. The zero-order chi connectivity index (χ0) is 22.4. The minimum atomic E-state index is -3.59. The first-order chi connectivity index (χ1) is 14.8. The molecule has 168 valence electrons. The van der Waals surface area contributed by atoms with Crippen molar-refractivity contribution in [2.24, 2.45) is 0 Å². The molecule has 7 heteroatoms. The first kappa shape index (κ1) is 23.3. The molecule has 0 aliphatic carbocycles. The molecule has 0 aromatic heterocycles. The topological polar surface area (TPSA) is 75.7 Å². The van der Waals surface area contributed by atoms with Crippen LogP contribution < -0.4 is 10.1 Å². The maximum absolute atomic E-state index is 13.1. The van der Waals surface area contributed by atoms with Crippen molar-refractivity contribution in [3.05, 3.63) is 59.2 Å². The van der Waals surface area contributed by atoms with Gasteiger partial charge in [0.05, 0.1) is 11.4 Å². The molecule has 1 heterocycles. The van der Waals surface area contributed by atoms with Crippen LogP contribution in [0, 0.1) is 6.92 Å². The molecule has 1 aliphatic heterocycles. The van der Waals surface area contributed by atoms with E-state index >= 15 is 0 Å². The highest BCUT2D eigenvalue weighted by Gasteiger charge is 2.28. The van der Waals surface area contributed by atoms with E-state index in [0.29, 0.717) is 43.3 Å². The fraction of sp³-hybridized carbons (Fsp3) is 0.458. The number of para-hydroxylation sites is 1. The highest BCUT2D eigenvalue weighted by atomic mass is 32.2. The molecule has 1 fully saturated rings. The maximum Gasteiger partial charge on any atom is 0.251 e. The summed E-state index contributed by atoms with van der Waals surface area (Å²) in [4.78, 5) is 12.8. The summed E-state index contributed by atoms with van der Waals surface area (Å²) in [5.74, 6) is 0.853. The summed E-state index contributed by atoms with van der Waals surface area (Å²) in [5.41, 5.74) is 2.11. The van der Waals surface area contributed by atoms with Gasteiger partial charge in [-0.1, -0.05) is 44.5 Å². The lowest BCUT2D eigenvalue weighted by molar-refractivity contribution is 0.0946. The van der Waals surface area contributed by atoms with Gasteiger partial charge in [-0.15, -0.1) is 0 Å². The van der Waals surface area contributed by atoms with E-state index < -0.39 is 10.0 Å². The van der Waals surface area contributed by atoms with Gasteiger partial charge >= 0.3 is 0 Å². The Morgan fingerprint density at radius 1 is 1.10 bits per heavy atom. The minimum absolute atomic E-state index is 0.212. The van der Waals surface area contributed by atoms with Crippen molar-refractivity contribution in [1.29, 1.82) is 0 Å². The van der Waals surface area contributed by atoms with Gasteiger partial charge in [0.1, 0.15) is 12.4 Å². The fourth-order valence-electron chi connectivity index (χ4n) is 3.78. The number of carbonyl (C=O) groups excluding carboxylic acids is 1. The number of nitrogens with zero attached hydrogens (tertiary/aromatic N) is 1. The molecule has 0 radical (unpaired) electrons. The Balaban J connectivity index is 1.63. The van der Waals surface area contributed by atoms with Crippen LogP contribution in [0.25, 0.3) is 0 Å². The average molecular weight is 445 g/mol. The van der Waals surface area contributed by atoms with Gasteiger partial charge in [0.15, 0.2) is 0 Å². The summed E-state index contributed by atoms with van der Waals surface area (Å²) in [6.07, 6.45) is 2.80. The Hall–Kier alpha value is -2.38. The lowest BCUT2D eigenvalue weighted by Gasteiger charge is -2.26. The number of amides is 1. The number of nitrogens with one attached hydrogen (secondary N) is 1. The second kappa shape index (κ2) is 10.3. The van der Waals surface area contributed by atoms with Crippen LogP contribution in [0.5, 0.6) is 5.75 Å². The third-order valence-electron chi connectivity index (χ3n) is 5.57. The Bertz CT molecular complexity index is 1010. The molecule has 2 aromatic rings. The lowest BCUT2D eigenvalue weighted by Crippen LogP contribution is -2.36. The number of hydrogen-bond donors (Lipinski definition) is 1. The number of sulfonamides is 1. The summed E-state index contributed by atoms with van der Waals surface area (Å²) in [6, 6.07) is 12.7. The second-order valence-electron chi connectivity index (χ2n) is 8.24. The van der Waals surface area contributed by atoms with Crippen LogP contribution in [0.2, 0.25) is 0 Å². The average Bonchev–Trinajstić information content (AvgIpc) is 2.77. The van der Waals surface area contributed by atoms with Gasteiger partial charge in [-0.2, -0.15) is 4.31 Å². The number of benzene rings is 2. The molecule has 0 spiro atoms. The van der Waals surface area contributed by atoms with Crippen molar-refractivity contribution in [2.75, 3.05) is 26.2 Å². The van der Waals surface area contributed by atoms with Gasteiger partial charge in [-0.05, 0) is 55.0 Å². The number of aryl methyl sites for hydroxylation is 1. The molecule has 1 amide bonds. The fourth-order valence-corrected chi connectivity index (χ4v) is 5.55. The molecule has 0 bridgehead atoms. The van der Waals surface area contributed by atoms with E-state index in [2.05, 4.69) is 19.2 Å². The van der Waals surface area contributed by atoms with Crippen molar-refractivity contribution < 1.29 is 17.9 Å². The zero-order valence-electron chi connectivity index (χ0n) is 18.6. The quantitative estimate of drug-likeness (QED) is 0.622. The summed E-state index contributed by atoms with van der Waals surface area (Å²) >= 11 is 0. The lowest BCUT2D eigenvalue weighted by atomic mass is 10.0. The van der Waals surface area contributed by atoms with Gasteiger partial charge in [0.25, 0.3) is 5.91 Å². The number of ether oxygens (including phenoxy) is 1. The molecule has 3 rings (SSSR count). The summed E-state index contributed by atoms with van der Waals surface area (Å²) in [5, 5.41) is 2.82. The highest BCUT2D eigenvalue weighted by Crippen LogP contribution is 2.26. The molecule has 2 aromatic carbocycles. The molecule has 31 heavy (non-hydrogen) atoms. The Labute approximate surface area is 185 Å². The van der Waals surface area contributed by atoms with Gasteiger partial charge in [-0.25, -0.2) is 8.42 Å². The van der Waals surface area contributed by atoms with Crippen molar-refractivity contribution >= 4 is 15.9 Å². The van der Waals surface area contributed by atoms with E-state index in [1.165, 1.54) is 10.4 Å². The van der Waals surface area contributed by atoms with Gasteiger partial charge in [0.2, 0.25) is 10.0 Å². The van der Waals surface area contributed by atoms with Crippen molar-refractivity contribution in [3.8, 4) is 5.75 Å². The molecule has 0 atom stereocenters. The van der Waals surface area contributed by atoms with Crippen LogP contribution in [-0.2, 0) is 10.0 Å². The van der Waals surface area contributed by atoms with Gasteiger partial charge < -0.3 is 10.1 Å². The predicted octanol–water partition coefficient (Wildman–Crippen LogP) is 4.10. The van der Waals surface area contributed by atoms with Crippen molar-refractivity contribution in [1.82, 2.24) is 9.62 Å². The number of rotatable bonds is 8. The van der Waals surface area contributed by atoms with Crippen LogP contribution in [0.4, 0.5) is 0 Å². The van der Waals surface area contributed by atoms with Gasteiger partial charge in [-0.3, -0.25) is 4.79 Å². The molecule has 0 saturated carbocycles. The third kappa shape index (κ3) is 5.66. The van der Waals surface area contributed by atoms with Crippen molar-refractivity contribution in [2.45, 2.75) is 50.8 Å². The van der Waals surface area contributed by atoms with Crippen LogP contribution in [-0.4, -0.2) is 44.9 Å². The monoisotopic (exact) mass is 444 g/mol. The van der Waals surface area contributed by atoms with Crippen LogP contribution >= 0.6 is 0 Å². The highest BCUT2D eigenvalue weighted by molar-refractivity contribution is 7.89. The Kier molecular flexibility index (Phi) is 7.73. The summed E-state index contributed by atoms with van der Waals surface area (Å²) in [6.45, 7) is 7.71. The Morgan fingerprint density at radius 2 is 1.81 bits per heavy atom. The number of piperidine rings is 1. The largest absolute Gasteiger partial charge is 0.491 e. The standard InChI is InChI=1S/C24H32N2O4S/c1-18(2)21-9-5-6-10-22(21)30-16-13-25-24(27)20-12-11-19(3)23(17-20)31(28,29)26-14-7-4-8-15-26/h5-6,9-12,17-18H,4,7-8,13-16H2,1-3H3,(H,25,27). The first-order valence-corrected chi connectivity index (χ1v) is 12.4. The maximum atomic E-state index is 13.1. The minimum Gasteiger partial charge on any atom is -0.491 e. The van der Waals surface area contributed by atoms with Crippen LogP contribution in [0.15, 0.2) is 47.4 Å². The number of hydrogen-bond acceptors (Lipinski definition) is 4. The van der Waals surface area contributed by atoms with Crippen molar-refractivity contribution in [3.63, 3.8) is 0 Å². The molecule has 0 unspecified atom stereocenters. The van der Waals surface area contributed by atoms with E-state index in [1.54, 1.807) is 19.1 Å². The molecule has 1 saturated heterocycles. The van der Waals surface area contributed by atoms with E-state index in [9.17, 15) is 13.2 Å². The molecule has 1 N–H and O–H groups in total. The Morgan fingerprint density at radius 3 is 2.52 bits per heavy atom. The van der Waals surface area contributed by atoms with E-state index in [1.807, 2.05) is 24.3 Å². The SMILES string of the molecule is Cc1ccc(C(=O)NCCOc2ccccc2C(C)C)cc1S(=O)(=O)N1CCCCC1. The van der Waals surface area contributed by atoms with E-state index in [4.69, 9.17) is 4.74 Å². The van der Waals surface area contributed by atoms with E-state index in [0.717, 1.165) is 30.6 Å². The molecule has 6 nitrogen and oxygen atoms in total. The van der Waals surface area contributed by atoms with Gasteiger partial charge in [0, 0.05) is 18.7 Å². The second-order valence-corrected chi connectivity index (χ2v) is 10.1. The molecular weight excluding hydrogens is 412 g/mol. The normalized spacial score (nSPS) is 15.1. The van der Waals surface area contributed by atoms with Crippen LogP contribution in [0.3, 0.4) is 0 Å². The third-order valence-corrected chi connectivity index (χ3v) is 7.61. The first-order valence-electron chi connectivity index (χ1n) is 10.9. The van der Waals surface area contributed by atoms with Crippen LogP contribution in [0.1, 0.15) is 60.5 Å².